The van der Waals surface area contributed by atoms with E-state index < -0.39 is 0 Å². The van der Waals surface area contributed by atoms with Gasteiger partial charge in [-0.25, -0.2) is 4.98 Å². The van der Waals surface area contributed by atoms with Crippen LogP contribution in [0.4, 0.5) is 0 Å². The van der Waals surface area contributed by atoms with Crippen molar-refractivity contribution in [3.8, 4) is 5.75 Å². The molecule has 26 heavy (non-hydrogen) atoms. The molecule has 144 valence electrons. The summed E-state index contributed by atoms with van der Waals surface area (Å²) < 4.78 is 5.43. The molecule has 2 rings (SSSR count). The highest BCUT2D eigenvalue weighted by molar-refractivity contribution is 14.0. The number of nitrogens with zero attached hydrogens (tertiary/aromatic N) is 3. The Morgan fingerprint density at radius 2 is 2.08 bits per heavy atom. The van der Waals surface area contributed by atoms with Crippen LogP contribution in [0, 0.1) is 6.92 Å². The van der Waals surface area contributed by atoms with Crippen molar-refractivity contribution in [2.45, 2.75) is 33.2 Å². The fourth-order valence-electron chi connectivity index (χ4n) is 2.75. The topological polar surface area (TPSA) is 49.8 Å². The van der Waals surface area contributed by atoms with E-state index in [0.29, 0.717) is 0 Å². The number of aliphatic imine (C=N–C) groups is 1. The summed E-state index contributed by atoms with van der Waals surface area (Å²) in [5.74, 6) is 1.77. The standard InChI is InChI=1S/C19H28N4OS.HI/c1-6-16-14(2)25-18(22-16)11-12-21-19(20-3)23(4)13-15-9-7-8-10-17(15)24-5;/h7-10H,6,11-13H2,1-5H3,(H,20,21);1H. The molecule has 1 N–H and O–H groups in total. The third kappa shape index (κ3) is 6.12. The van der Waals surface area contributed by atoms with E-state index in [0.717, 1.165) is 43.2 Å². The van der Waals surface area contributed by atoms with E-state index in [1.54, 1.807) is 18.4 Å². The van der Waals surface area contributed by atoms with Crippen molar-refractivity contribution in [3.05, 3.63) is 45.4 Å². The Kier molecular flexibility index (Phi) is 9.93. The number of nitrogens with one attached hydrogen (secondary N) is 1. The number of benzene rings is 1. The van der Waals surface area contributed by atoms with Gasteiger partial charge in [-0.05, 0) is 19.4 Å². The molecule has 0 atom stereocenters. The van der Waals surface area contributed by atoms with E-state index in [2.05, 4.69) is 35.1 Å². The maximum Gasteiger partial charge on any atom is 0.193 e. The summed E-state index contributed by atoms with van der Waals surface area (Å²) in [6.45, 7) is 5.85. The number of ether oxygens (including phenoxy) is 1. The van der Waals surface area contributed by atoms with Gasteiger partial charge in [-0.2, -0.15) is 0 Å². The molecule has 1 aromatic carbocycles. The average Bonchev–Trinajstić information content (AvgIpc) is 2.98. The van der Waals surface area contributed by atoms with Gasteiger partial charge in [0.25, 0.3) is 0 Å². The molecule has 0 unspecified atom stereocenters. The summed E-state index contributed by atoms with van der Waals surface area (Å²) >= 11 is 1.79. The van der Waals surface area contributed by atoms with Crippen LogP contribution in [-0.2, 0) is 19.4 Å². The summed E-state index contributed by atoms with van der Waals surface area (Å²) in [5, 5.41) is 4.61. The van der Waals surface area contributed by atoms with E-state index in [1.165, 1.54) is 15.6 Å². The van der Waals surface area contributed by atoms with E-state index in [9.17, 15) is 0 Å². The van der Waals surface area contributed by atoms with Crippen LogP contribution in [0.15, 0.2) is 29.3 Å². The predicted octanol–water partition coefficient (Wildman–Crippen LogP) is 3.89. The Morgan fingerprint density at radius 1 is 1.35 bits per heavy atom. The fraction of sp³-hybridized carbons (Fsp3) is 0.474. The molecule has 0 spiro atoms. The number of halogens is 1. The van der Waals surface area contributed by atoms with Gasteiger partial charge >= 0.3 is 0 Å². The smallest absolute Gasteiger partial charge is 0.193 e. The van der Waals surface area contributed by atoms with Crippen LogP contribution in [0.5, 0.6) is 5.75 Å². The van der Waals surface area contributed by atoms with Gasteiger partial charge in [-0.1, -0.05) is 25.1 Å². The lowest BCUT2D eigenvalue weighted by Gasteiger charge is -2.23. The normalized spacial score (nSPS) is 11.0. The second-order valence-corrected chi connectivity index (χ2v) is 7.14. The highest BCUT2D eigenvalue weighted by atomic mass is 127. The average molecular weight is 488 g/mol. The third-order valence-electron chi connectivity index (χ3n) is 4.07. The van der Waals surface area contributed by atoms with Crippen LogP contribution in [0.1, 0.15) is 28.1 Å². The number of guanidine groups is 1. The fourth-order valence-corrected chi connectivity index (χ4v) is 3.77. The number of aromatic nitrogens is 1. The minimum atomic E-state index is 0. The monoisotopic (exact) mass is 488 g/mol. The number of aryl methyl sites for hydroxylation is 2. The number of methoxy groups -OCH3 is 1. The van der Waals surface area contributed by atoms with Crippen molar-refractivity contribution in [2.75, 3.05) is 27.7 Å². The molecule has 0 aliphatic heterocycles. The minimum absolute atomic E-state index is 0. The summed E-state index contributed by atoms with van der Waals surface area (Å²) in [7, 11) is 5.54. The minimum Gasteiger partial charge on any atom is -0.496 e. The SMILES string of the molecule is CCc1nc(CCNC(=NC)N(C)Cc2ccccc2OC)sc1C.I. The maximum absolute atomic E-state index is 5.43. The first-order chi connectivity index (χ1) is 12.1. The molecule has 0 saturated carbocycles. The zero-order valence-electron chi connectivity index (χ0n) is 16.2. The summed E-state index contributed by atoms with van der Waals surface area (Å²) in [6.07, 6.45) is 1.91. The molecule has 0 fully saturated rings. The second-order valence-electron chi connectivity index (χ2n) is 5.86. The molecule has 0 amide bonds. The lowest BCUT2D eigenvalue weighted by Crippen LogP contribution is -2.39. The van der Waals surface area contributed by atoms with Crippen LogP contribution in [0.2, 0.25) is 0 Å². The molecule has 0 saturated heterocycles. The first-order valence-corrected chi connectivity index (χ1v) is 9.39. The Labute approximate surface area is 177 Å². The van der Waals surface area contributed by atoms with Crippen LogP contribution in [0.25, 0.3) is 0 Å². The maximum atomic E-state index is 5.43. The van der Waals surface area contributed by atoms with E-state index in [1.807, 2.05) is 32.3 Å². The zero-order chi connectivity index (χ0) is 18.2. The molecule has 0 bridgehead atoms. The first-order valence-electron chi connectivity index (χ1n) is 8.57. The molecular weight excluding hydrogens is 459 g/mol. The van der Waals surface area contributed by atoms with Gasteiger partial charge in [0, 0.05) is 44.0 Å². The number of hydrogen-bond donors (Lipinski definition) is 1. The zero-order valence-corrected chi connectivity index (χ0v) is 19.4. The number of hydrogen-bond acceptors (Lipinski definition) is 4. The number of thiazole rings is 1. The summed E-state index contributed by atoms with van der Waals surface area (Å²) in [5.41, 5.74) is 2.36. The van der Waals surface area contributed by atoms with Crippen LogP contribution < -0.4 is 10.1 Å². The highest BCUT2D eigenvalue weighted by Gasteiger charge is 2.10. The van der Waals surface area contributed by atoms with Crippen molar-refractivity contribution in [1.82, 2.24) is 15.2 Å². The Morgan fingerprint density at radius 3 is 2.69 bits per heavy atom. The van der Waals surface area contributed by atoms with Crippen LogP contribution in [-0.4, -0.2) is 43.6 Å². The molecular formula is C19H29IN4OS. The van der Waals surface area contributed by atoms with Crippen LogP contribution >= 0.6 is 35.3 Å². The molecule has 2 aromatic rings. The van der Waals surface area contributed by atoms with E-state index >= 15 is 0 Å². The molecule has 5 nitrogen and oxygen atoms in total. The van der Waals surface area contributed by atoms with E-state index in [-0.39, 0.29) is 24.0 Å². The van der Waals surface area contributed by atoms with Gasteiger partial charge in [-0.3, -0.25) is 4.99 Å². The Balaban J connectivity index is 0.00000338. The number of rotatable bonds is 7. The van der Waals surface area contributed by atoms with Gasteiger partial charge in [0.1, 0.15) is 5.75 Å². The Hall–Kier alpha value is -1.35. The van der Waals surface area contributed by atoms with Gasteiger partial charge in [-0.15, -0.1) is 35.3 Å². The van der Waals surface area contributed by atoms with Crippen molar-refractivity contribution in [2.24, 2.45) is 4.99 Å². The van der Waals surface area contributed by atoms with Crippen LogP contribution in [0.3, 0.4) is 0 Å². The quantitative estimate of drug-likeness (QED) is 0.365. The molecule has 7 heteroatoms. The summed E-state index contributed by atoms with van der Waals surface area (Å²) in [4.78, 5) is 12.5. The second kappa shape index (κ2) is 11.4. The van der Waals surface area contributed by atoms with Crippen molar-refractivity contribution in [1.29, 1.82) is 0 Å². The van der Waals surface area contributed by atoms with Gasteiger partial charge < -0.3 is 15.0 Å². The molecule has 1 aromatic heterocycles. The lowest BCUT2D eigenvalue weighted by molar-refractivity contribution is 0.396. The van der Waals surface area contributed by atoms with Gasteiger partial charge in [0.05, 0.1) is 17.8 Å². The Bertz CT molecular complexity index is 717. The highest BCUT2D eigenvalue weighted by Crippen LogP contribution is 2.19. The van der Waals surface area contributed by atoms with Crippen molar-refractivity contribution < 1.29 is 4.74 Å². The molecule has 0 radical (unpaired) electrons. The van der Waals surface area contributed by atoms with Crippen molar-refractivity contribution >= 4 is 41.3 Å². The number of para-hydroxylation sites is 1. The lowest BCUT2D eigenvalue weighted by atomic mass is 10.2. The predicted molar refractivity (Wildman–Crippen MR) is 121 cm³/mol. The first kappa shape index (κ1) is 22.7. The third-order valence-corrected chi connectivity index (χ3v) is 5.14. The molecule has 0 aliphatic carbocycles. The van der Waals surface area contributed by atoms with Crippen molar-refractivity contribution in [3.63, 3.8) is 0 Å². The molecule has 1 heterocycles. The largest absolute Gasteiger partial charge is 0.496 e. The van der Waals surface area contributed by atoms with Gasteiger partial charge in [0.2, 0.25) is 0 Å². The summed E-state index contributed by atoms with van der Waals surface area (Å²) in [6, 6.07) is 8.07. The van der Waals surface area contributed by atoms with Gasteiger partial charge in [0.15, 0.2) is 5.96 Å². The van der Waals surface area contributed by atoms with E-state index in [4.69, 9.17) is 9.72 Å². The molecule has 0 aliphatic rings.